The normalized spacial score (nSPS) is 18.9. The van der Waals surface area contributed by atoms with E-state index in [2.05, 4.69) is 0 Å². The Morgan fingerprint density at radius 1 is 1.15 bits per heavy atom. The van der Waals surface area contributed by atoms with Crippen molar-refractivity contribution in [2.75, 3.05) is 0 Å². The van der Waals surface area contributed by atoms with Crippen molar-refractivity contribution in [3.05, 3.63) is 35.4 Å². The van der Waals surface area contributed by atoms with Crippen LogP contribution in [-0.2, 0) is 0 Å². The number of carbonyl (C=O) groups is 1. The highest BCUT2D eigenvalue weighted by Crippen LogP contribution is 2.36. The minimum Gasteiger partial charge on any atom is -0.293 e. The third-order valence-electron chi connectivity index (χ3n) is 2.55. The van der Waals surface area contributed by atoms with Gasteiger partial charge in [0.2, 0.25) is 0 Å². The Bertz CT molecular complexity index is 367. The quantitative estimate of drug-likeness (QED) is 0.585. The zero-order valence-electron chi connectivity index (χ0n) is 7.63. The zero-order chi connectivity index (χ0) is 9.64. The molecule has 1 aromatic rings. The van der Waals surface area contributed by atoms with E-state index in [9.17, 15) is 4.79 Å². The number of Topliss-reactive ketones (excluding diaryl/α,β-unsaturated/α-hetero) is 1. The molecule has 1 nitrogen and oxygen atoms in total. The summed E-state index contributed by atoms with van der Waals surface area (Å²) >= 11 is 5.27. The molecule has 0 radical (unpaired) electrons. The van der Waals surface area contributed by atoms with Crippen molar-refractivity contribution < 1.29 is 4.79 Å². The number of hydrogen-bond donors (Lipinski definition) is 0. The summed E-state index contributed by atoms with van der Waals surface area (Å²) in [6.07, 6.45) is 0. The van der Waals surface area contributed by atoms with Crippen LogP contribution in [0.15, 0.2) is 24.3 Å². The van der Waals surface area contributed by atoms with Crippen molar-refractivity contribution in [2.45, 2.75) is 13.8 Å². The maximum atomic E-state index is 11.8. The number of rotatable bonds is 0. The first-order chi connectivity index (χ1) is 6.05. The summed E-state index contributed by atoms with van der Waals surface area (Å²) < 4.78 is 0. The second kappa shape index (κ2) is 2.48. The van der Waals surface area contributed by atoms with Crippen LogP contribution in [0.4, 0.5) is 0 Å². The van der Waals surface area contributed by atoms with Crippen LogP contribution in [0.1, 0.15) is 29.8 Å². The van der Waals surface area contributed by atoms with Gasteiger partial charge in [0.1, 0.15) is 0 Å². The van der Waals surface area contributed by atoms with E-state index >= 15 is 0 Å². The first-order valence-electron chi connectivity index (χ1n) is 4.24. The number of carbonyl (C=O) groups excluding carboxylic acids is 1. The summed E-state index contributed by atoms with van der Waals surface area (Å²) in [5.74, 6) is 0.146. The van der Waals surface area contributed by atoms with Crippen LogP contribution in [-0.4, -0.2) is 10.6 Å². The van der Waals surface area contributed by atoms with Gasteiger partial charge in [0.25, 0.3) is 0 Å². The van der Waals surface area contributed by atoms with Crippen LogP contribution in [0, 0.1) is 5.41 Å². The summed E-state index contributed by atoms with van der Waals surface area (Å²) in [6.45, 7) is 3.77. The van der Waals surface area contributed by atoms with Crippen LogP contribution in [0.2, 0.25) is 0 Å². The molecule has 66 valence electrons. The lowest BCUT2D eigenvalue weighted by atomic mass is 9.89. The third kappa shape index (κ3) is 0.985. The van der Waals surface area contributed by atoms with Gasteiger partial charge in [-0.25, -0.2) is 0 Å². The fourth-order valence-electron chi connectivity index (χ4n) is 1.66. The Morgan fingerprint density at radius 3 is 2.23 bits per heavy atom. The Balaban J connectivity index is 2.71. The van der Waals surface area contributed by atoms with E-state index in [0.717, 1.165) is 16.0 Å². The van der Waals surface area contributed by atoms with E-state index in [1.165, 1.54) is 0 Å². The van der Waals surface area contributed by atoms with Crippen molar-refractivity contribution in [3.63, 3.8) is 0 Å². The van der Waals surface area contributed by atoms with Gasteiger partial charge in [0, 0.05) is 16.0 Å². The summed E-state index contributed by atoms with van der Waals surface area (Å²) in [6, 6.07) is 7.56. The maximum Gasteiger partial charge on any atom is 0.174 e. The van der Waals surface area contributed by atoms with E-state index in [1.54, 1.807) is 0 Å². The van der Waals surface area contributed by atoms with Gasteiger partial charge in [0.05, 0.1) is 5.41 Å². The average molecular weight is 190 g/mol. The van der Waals surface area contributed by atoms with Crippen LogP contribution >= 0.6 is 12.2 Å². The van der Waals surface area contributed by atoms with E-state index < -0.39 is 5.41 Å². The van der Waals surface area contributed by atoms with Crippen LogP contribution in [0.3, 0.4) is 0 Å². The van der Waals surface area contributed by atoms with Gasteiger partial charge in [-0.2, -0.15) is 0 Å². The van der Waals surface area contributed by atoms with Crippen molar-refractivity contribution in [2.24, 2.45) is 5.41 Å². The highest BCUT2D eigenvalue weighted by molar-refractivity contribution is 7.81. The summed E-state index contributed by atoms with van der Waals surface area (Å²) in [5.41, 5.74) is 1.23. The molecule has 0 fully saturated rings. The molecule has 13 heavy (non-hydrogen) atoms. The second-order valence-corrected chi connectivity index (χ2v) is 4.24. The molecule has 0 saturated heterocycles. The predicted molar refractivity (Wildman–Crippen MR) is 56.3 cm³/mol. The Hall–Kier alpha value is -1.02. The van der Waals surface area contributed by atoms with Crippen molar-refractivity contribution >= 4 is 22.9 Å². The molecular weight excluding hydrogens is 180 g/mol. The van der Waals surface area contributed by atoms with Crippen LogP contribution in [0.25, 0.3) is 0 Å². The van der Waals surface area contributed by atoms with Gasteiger partial charge in [-0.3, -0.25) is 4.79 Å². The Morgan fingerprint density at radius 2 is 1.69 bits per heavy atom. The van der Waals surface area contributed by atoms with E-state index in [1.807, 2.05) is 38.1 Å². The molecule has 0 N–H and O–H groups in total. The smallest absolute Gasteiger partial charge is 0.174 e. The molecule has 0 amide bonds. The number of benzene rings is 1. The number of ketones is 1. The average Bonchev–Trinajstić information content (AvgIpc) is 2.30. The molecule has 0 heterocycles. The maximum absolute atomic E-state index is 11.8. The molecule has 1 aliphatic rings. The monoisotopic (exact) mass is 190 g/mol. The first kappa shape index (κ1) is 8.57. The van der Waals surface area contributed by atoms with Crippen molar-refractivity contribution in [1.29, 1.82) is 0 Å². The van der Waals surface area contributed by atoms with Gasteiger partial charge in [-0.05, 0) is 13.8 Å². The second-order valence-electron chi connectivity index (χ2n) is 3.83. The number of fused-ring (bicyclic) bond motifs is 1. The Labute approximate surface area is 82.8 Å². The van der Waals surface area contributed by atoms with Crippen molar-refractivity contribution in [3.8, 4) is 0 Å². The molecule has 0 spiro atoms. The molecule has 2 heteroatoms. The molecule has 0 aliphatic heterocycles. The lowest BCUT2D eigenvalue weighted by Gasteiger charge is -2.14. The van der Waals surface area contributed by atoms with Gasteiger partial charge in [-0.15, -0.1) is 0 Å². The number of hydrogen-bond acceptors (Lipinski definition) is 2. The fraction of sp³-hybridized carbons (Fsp3) is 0.273. The molecule has 1 aromatic carbocycles. The predicted octanol–water partition coefficient (Wildman–Crippen LogP) is 2.63. The zero-order valence-corrected chi connectivity index (χ0v) is 8.44. The molecule has 2 rings (SSSR count). The summed E-state index contributed by atoms with van der Waals surface area (Å²) in [7, 11) is 0. The molecule has 1 aliphatic carbocycles. The SMILES string of the molecule is CC1(C)C(=O)c2ccccc2C1=S. The molecule has 0 unspecified atom stereocenters. The largest absolute Gasteiger partial charge is 0.293 e. The molecule has 0 bridgehead atoms. The van der Waals surface area contributed by atoms with Gasteiger partial charge in [0.15, 0.2) is 5.78 Å². The molecular formula is C11H10OS. The fourth-order valence-corrected chi connectivity index (χ4v) is 1.93. The highest BCUT2D eigenvalue weighted by atomic mass is 32.1. The molecule has 0 saturated carbocycles. The third-order valence-corrected chi connectivity index (χ3v) is 3.28. The minimum atomic E-state index is -0.487. The molecule has 0 aromatic heterocycles. The topological polar surface area (TPSA) is 17.1 Å². The van der Waals surface area contributed by atoms with E-state index in [-0.39, 0.29) is 5.78 Å². The summed E-state index contributed by atoms with van der Waals surface area (Å²) in [5, 5.41) is 0. The lowest BCUT2D eigenvalue weighted by molar-refractivity contribution is 0.0912. The van der Waals surface area contributed by atoms with E-state index in [0.29, 0.717) is 0 Å². The minimum absolute atomic E-state index is 0.146. The lowest BCUT2D eigenvalue weighted by Crippen LogP contribution is -2.24. The van der Waals surface area contributed by atoms with Crippen LogP contribution < -0.4 is 0 Å². The highest BCUT2D eigenvalue weighted by Gasteiger charge is 2.41. The van der Waals surface area contributed by atoms with E-state index in [4.69, 9.17) is 12.2 Å². The van der Waals surface area contributed by atoms with Crippen molar-refractivity contribution in [1.82, 2.24) is 0 Å². The summed E-state index contributed by atoms with van der Waals surface area (Å²) in [4.78, 5) is 12.6. The number of thiocarbonyl (C=S) groups is 1. The van der Waals surface area contributed by atoms with Gasteiger partial charge >= 0.3 is 0 Å². The molecule has 0 atom stereocenters. The van der Waals surface area contributed by atoms with Gasteiger partial charge in [-0.1, -0.05) is 36.5 Å². The van der Waals surface area contributed by atoms with Gasteiger partial charge < -0.3 is 0 Å². The Kier molecular flexibility index (Phi) is 1.64. The standard InChI is InChI=1S/C11H10OS/c1-11(2)9(12)7-5-3-4-6-8(7)10(11)13/h3-6H,1-2H3. The van der Waals surface area contributed by atoms with Crippen LogP contribution in [0.5, 0.6) is 0 Å². The first-order valence-corrected chi connectivity index (χ1v) is 4.64.